The summed E-state index contributed by atoms with van der Waals surface area (Å²) in [4.78, 5) is 35.3. The van der Waals surface area contributed by atoms with Crippen molar-refractivity contribution in [1.82, 2.24) is 14.9 Å². The van der Waals surface area contributed by atoms with Crippen LogP contribution in [-0.2, 0) is 17.8 Å². The van der Waals surface area contributed by atoms with Crippen molar-refractivity contribution in [2.24, 2.45) is 0 Å². The normalized spacial score (nSPS) is 16.1. The molecule has 0 bridgehead atoms. The minimum Gasteiger partial charge on any atom is -0.475 e. The van der Waals surface area contributed by atoms with Crippen molar-refractivity contribution in [3.05, 3.63) is 65.6 Å². The third-order valence-corrected chi connectivity index (χ3v) is 6.19. The van der Waals surface area contributed by atoms with Gasteiger partial charge in [-0.25, -0.2) is 4.79 Å². The number of hydrogen-bond donors (Lipinski definition) is 2. The maximum absolute atomic E-state index is 13.1. The van der Waals surface area contributed by atoms with Crippen molar-refractivity contribution in [1.29, 1.82) is 0 Å². The summed E-state index contributed by atoms with van der Waals surface area (Å²) in [6.45, 7) is 2.71. The minimum absolute atomic E-state index is 0.0509. The topological polar surface area (TPSA) is 107 Å². The number of benzene rings is 1. The zero-order chi connectivity index (χ0) is 25.9. The quantitative estimate of drug-likeness (QED) is 0.563. The lowest BCUT2D eigenvalue weighted by Crippen LogP contribution is -2.37. The zero-order valence-electron chi connectivity index (χ0n) is 19.3. The van der Waals surface area contributed by atoms with Crippen LogP contribution in [0, 0.1) is 0 Å². The van der Waals surface area contributed by atoms with Gasteiger partial charge in [0.05, 0.1) is 35.1 Å². The molecule has 4 heterocycles. The number of halogens is 3. The number of nitrogens with zero attached hydrogens (tertiary/aromatic N) is 4. The highest BCUT2D eigenvalue weighted by atomic mass is 19.4. The van der Waals surface area contributed by atoms with Gasteiger partial charge in [-0.3, -0.25) is 14.8 Å². The SMILES string of the molecule is O=C(O)C(F)(F)F.O=C1c2c(N3CCC(O)CC3)ccnc2CN1CCc1ccc2ccccc2n1. The number of pyridine rings is 2. The van der Waals surface area contributed by atoms with Crippen LogP contribution >= 0.6 is 0 Å². The van der Waals surface area contributed by atoms with Gasteiger partial charge in [-0.1, -0.05) is 24.3 Å². The number of alkyl halides is 3. The van der Waals surface area contributed by atoms with E-state index >= 15 is 0 Å². The van der Waals surface area contributed by atoms with E-state index in [4.69, 9.17) is 14.9 Å². The molecule has 11 heteroatoms. The highest BCUT2D eigenvalue weighted by Crippen LogP contribution is 2.32. The molecule has 1 fully saturated rings. The number of anilines is 1. The van der Waals surface area contributed by atoms with E-state index in [1.807, 2.05) is 35.2 Å². The van der Waals surface area contributed by atoms with Gasteiger partial charge in [0.2, 0.25) is 0 Å². The first kappa shape index (κ1) is 25.4. The summed E-state index contributed by atoms with van der Waals surface area (Å²) in [5, 5.41) is 18.0. The molecule has 5 rings (SSSR count). The van der Waals surface area contributed by atoms with E-state index in [1.165, 1.54) is 0 Å². The van der Waals surface area contributed by atoms with Crippen molar-refractivity contribution in [2.45, 2.75) is 38.1 Å². The van der Waals surface area contributed by atoms with Gasteiger partial charge in [0.25, 0.3) is 5.91 Å². The van der Waals surface area contributed by atoms with Gasteiger partial charge in [0, 0.05) is 43.3 Å². The van der Waals surface area contributed by atoms with Crippen LogP contribution in [0.3, 0.4) is 0 Å². The zero-order valence-corrected chi connectivity index (χ0v) is 19.3. The van der Waals surface area contributed by atoms with Crippen LogP contribution in [0.25, 0.3) is 10.9 Å². The number of piperidine rings is 1. The van der Waals surface area contributed by atoms with Crippen LogP contribution in [0.2, 0.25) is 0 Å². The lowest BCUT2D eigenvalue weighted by atomic mass is 10.1. The highest BCUT2D eigenvalue weighted by molar-refractivity contribution is 6.03. The van der Waals surface area contributed by atoms with Crippen molar-refractivity contribution < 1.29 is 33.0 Å². The number of carbonyl (C=O) groups excluding carboxylic acids is 1. The number of para-hydroxylation sites is 1. The fourth-order valence-corrected chi connectivity index (χ4v) is 4.31. The largest absolute Gasteiger partial charge is 0.490 e. The van der Waals surface area contributed by atoms with Crippen LogP contribution in [-0.4, -0.2) is 68.9 Å². The van der Waals surface area contributed by atoms with Crippen LogP contribution < -0.4 is 4.90 Å². The lowest BCUT2D eigenvalue weighted by molar-refractivity contribution is -0.192. The number of fused-ring (bicyclic) bond motifs is 2. The Bertz CT molecular complexity index is 1260. The summed E-state index contributed by atoms with van der Waals surface area (Å²) < 4.78 is 31.7. The number of carboxylic acids is 1. The lowest BCUT2D eigenvalue weighted by Gasteiger charge is -2.32. The van der Waals surface area contributed by atoms with Crippen LogP contribution in [0.15, 0.2) is 48.7 Å². The van der Waals surface area contributed by atoms with Crippen molar-refractivity contribution in [3.63, 3.8) is 0 Å². The second kappa shape index (κ2) is 10.5. The Hall–Kier alpha value is -3.73. The van der Waals surface area contributed by atoms with E-state index in [0.29, 0.717) is 13.1 Å². The predicted molar refractivity (Wildman–Crippen MR) is 126 cm³/mol. The standard InChI is InChI=1S/C23H24N4O2.C2HF3O2/c28-18-9-13-26(14-10-18)21-7-11-24-20-15-27(23(29)22(20)21)12-8-17-6-5-16-3-1-2-4-19(16)25-17;3-2(4,5)1(6)7/h1-7,11,18,28H,8-10,12-15H2;(H,6,7). The summed E-state index contributed by atoms with van der Waals surface area (Å²) >= 11 is 0. The summed E-state index contributed by atoms with van der Waals surface area (Å²) in [7, 11) is 0. The first-order chi connectivity index (χ1) is 17.1. The smallest absolute Gasteiger partial charge is 0.475 e. The number of carbonyl (C=O) groups is 2. The molecule has 2 N–H and O–H groups in total. The molecule has 2 aliphatic heterocycles. The Morgan fingerprint density at radius 1 is 1.08 bits per heavy atom. The highest BCUT2D eigenvalue weighted by Gasteiger charge is 2.38. The number of aliphatic carboxylic acids is 1. The van der Waals surface area contributed by atoms with E-state index < -0.39 is 12.1 Å². The van der Waals surface area contributed by atoms with Gasteiger partial charge in [-0.05, 0) is 31.0 Å². The first-order valence-electron chi connectivity index (χ1n) is 11.5. The molecule has 3 aromatic rings. The van der Waals surface area contributed by atoms with E-state index in [0.717, 1.165) is 65.9 Å². The molecule has 1 saturated heterocycles. The molecular weight excluding hydrogens is 477 g/mol. The molecule has 0 aliphatic carbocycles. The van der Waals surface area contributed by atoms with E-state index in [1.54, 1.807) is 6.20 Å². The number of aliphatic hydroxyl groups excluding tert-OH is 1. The molecule has 8 nitrogen and oxygen atoms in total. The van der Waals surface area contributed by atoms with Gasteiger partial charge >= 0.3 is 12.1 Å². The third kappa shape index (κ3) is 5.73. The molecule has 0 spiro atoms. The first-order valence-corrected chi connectivity index (χ1v) is 11.5. The molecular formula is C25H25F3N4O4. The Morgan fingerprint density at radius 3 is 2.47 bits per heavy atom. The number of rotatable bonds is 4. The molecule has 0 unspecified atom stereocenters. The fourth-order valence-electron chi connectivity index (χ4n) is 4.31. The van der Waals surface area contributed by atoms with Gasteiger partial charge in [0.1, 0.15) is 0 Å². The van der Waals surface area contributed by atoms with Crippen molar-refractivity contribution in [3.8, 4) is 0 Å². The third-order valence-electron chi connectivity index (χ3n) is 6.19. The van der Waals surface area contributed by atoms with Crippen LogP contribution in [0.4, 0.5) is 18.9 Å². The number of carboxylic acid groups (broad SMARTS) is 1. The summed E-state index contributed by atoms with van der Waals surface area (Å²) in [5.41, 5.74) is 4.52. The Balaban J connectivity index is 0.000000384. The Kier molecular flexibility index (Phi) is 7.39. The molecule has 0 saturated carbocycles. The number of amides is 1. The molecule has 2 aliphatic rings. The van der Waals surface area contributed by atoms with E-state index in [2.05, 4.69) is 22.0 Å². The molecule has 36 heavy (non-hydrogen) atoms. The molecule has 190 valence electrons. The molecule has 1 aromatic carbocycles. The van der Waals surface area contributed by atoms with Crippen molar-refractivity contribution >= 4 is 28.5 Å². The van der Waals surface area contributed by atoms with Gasteiger partial charge in [-0.2, -0.15) is 13.2 Å². The van der Waals surface area contributed by atoms with Crippen LogP contribution in [0.1, 0.15) is 34.6 Å². The predicted octanol–water partition coefficient (Wildman–Crippen LogP) is 3.42. The molecule has 0 atom stereocenters. The van der Waals surface area contributed by atoms with E-state index in [9.17, 15) is 23.1 Å². The van der Waals surface area contributed by atoms with Gasteiger partial charge in [-0.15, -0.1) is 0 Å². The molecule has 0 radical (unpaired) electrons. The number of hydrogen-bond acceptors (Lipinski definition) is 6. The molecule has 1 amide bonds. The maximum atomic E-state index is 13.1. The second-order valence-corrected chi connectivity index (χ2v) is 8.64. The summed E-state index contributed by atoms with van der Waals surface area (Å²) in [6.07, 6.45) is -1.33. The Morgan fingerprint density at radius 2 is 1.78 bits per heavy atom. The molecule has 2 aromatic heterocycles. The number of aliphatic hydroxyl groups is 1. The summed E-state index contributed by atoms with van der Waals surface area (Å²) in [5.74, 6) is -2.71. The van der Waals surface area contributed by atoms with Gasteiger partial charge < -0.3 is 20.0 Å². The van der Waals surface area contributed by atoms with E-state index in [-0.39, 0.29) is 12.0 Å². The van der Waals surface area contributed by atoms with Crippen LogP contribution in [0.5, 0.6) is 0 Å². The van der Waals surface area contributed by atoms with Crippen molar-refractivity contribution in [2.75, 3.05) is 24.5 Å². The van der Waals surface area contributed by atoms with Gasteiger partial charge in [0.15, 0.2) is 0 Å². The summed E-state index contributed by atoms with van der Waals surface area (Å²) in [6, 6.07) is 14.1. The monoisotopic (exact) mass is 502 g/mol. The fraction of sp³-hybridized carbons (Fsp3) is 0.360. The average molecular weight is 502 g/mol. The minimum atomic E-state index is -5.08. The average Bonchev–Trinajstić information content (AvgIpc) is 3.18. The maximum Gasteiger partial charge on any atom is 0.490 e. The second-order valence-electron chi connectivity index (χ2n) is 8.64. The Labute approximate surface area is 205 Å². The number of aromatic nitrogens is 2.